The molecule has 0 aliphatic rings. The summed E-state index contributed by atoms with van der Waals surface area (Å²) in [5.41, 5.74) is 0.889. The largest absolute Gasteiger partial charge is 0.490 e. The Morgan fingerprint density at radius 1 is 1.21 bits per heavy atom. The van der Waals surface area contributed by atoms with Gasteiger partial charge in [0.2, 0.25) is 0 Å². The predicted molar refractivity (Wildman–Crippen MR) is 91.4 cm³/mol. The summed E-state index contributed by atoms with van der Waals surface area (Å²) in [6, 6.07) is 10.5. The molecular weight excluding hydrogens is 328 g/mol. The summed E-state index contributed by atoms with van der Waals surface area (Å²) in [5.74, 6) is 0.254. The van der Waals surface area contributed by atoms with Crippen molar-refractivity contribution in [3.05, 3.63) is 72.0 Å². The Morgan fingerprint density at radius 2 is 2.08 bits per heavy atom. The molecule has 1 aromatic carbocycles. The molecule has 0 saturated heterocycles. The third kappa shape index (κ3) is 3.91. The minimum absolute atomic E-state index is 0.161. The van der Waals surface area contributed by atoms with Crippen LogP contribution >= 0.6 is 11.6 Å². The normalized spacial score (nSPS) is 10.4. The third-order valence-corrected chi connectivity index (χ3v) is 3.61. The summed E-state index contributed by atoms with van der Waals surface area (Å²) >= 11 is 5.95. The fraction of sp³-hybridized carbons (Fsp3) is 0.118. The van der Waals surface area contributed by atoms with E-state index in [2.05, 4.69) is 15.3 Å². The molecule has 0 aliphatic carbocycles. The summed E-state index contributed by atoms with van der Waals surface area (Å²) in [4.78, 5) is 20.2. The topological polar surface area (TPSA) is 69.0 Å². The van der Waals surface area contributed by atoms with Gasteiger partial charge in [0.25, 0.3) is 5.91 Å². The van der Waals surface area contributed by atoms with Crippen LogP contribution in [-0.4, -0.2) is 27.0 Å². The molecule has 24 heavy (non-hydrogen) atoms. The number of carbonyl (C=O) groups excluding carboxylic acids is 1. The lowest BCUT2D eigenvalue weighted by Crippen LogP contribution is -2.14. The van der Waals surface area contributed by atoms with E-state index >= 15 is 0 Å². The molecule has 0 radical (unpaired) electrons. The highest BCUT2D eigenvalue weighted by molar-refractivity contribution is 6.33. The zero-order chi connectivity index (χ0) is 16.8. The van der Waals surface area contributed by atoms with Gasteiger partial charge in [0.1, 0.15) is 17.5 Å². The average Bonchev–Trinajstić information content (AvgIpc) is 3.10. The van der Waals surface area contributed by atoms with Crippen molar-refractivity contribution in [3.63, 3.8) is 0 Å². The number of pyridine rings is 1. The number of benzene rings is 1. The quantitative estimate of drug-likeness (QED) is 0.698. The van der Waals surface area contributed by atoms with Gasteiger partial charge >= 0.3 is 0 Å². The second-order valence-electron chi connectivity index (χ2n) is 4.94. The number of hydrogen-bond acceptors (Lipinski definition) is 4. The van der Waals surface area contributed by atoms with Crippen LogP contribution in [0.2, 0.25) is 5.15 Å². The van der Waals surface area contributed by atoms with Crippen molar-refractivity contribution < 1.29 is 9.53 Å². The first-order chi connectivity index (χ1) is 11.7. The maximum absolute atomic E-state index is 12.3. The molecule has 0 bridgehead atoms. The SMILES string of the molecule is O=C(Nc1ccccc1OCCn1ccnc1)c1cccnc1Cl. The van der Waals surface area contributed by atoms with Gasteiger partial charge in [-0.1, -0.05) is 23.7 Å². The number of halogens is 1. The van der Waals surface area contributed by atoms with Crippen LogP contribution in [0.1, 0.15) is 10.4 Å². The Bertz CT molecular complexity index is 821. The van der Waals surface area contributed by atoms with Crippen LogP contribution in [-0.2, 0) is 6.54 Å². The first-order valence-electron chi connectivity index (χ1n) is 7.33. The molecule has 3 aromatic rings. The number of nitrogens with one attached hydrogen (secondary N) is 1. The van der Waals surface area contributed by atoms with Crippen LogP contribution in [0.5, 0.6) is 5.75 Å². The van der Waals surface area contributed by atoms with E-state index in [9.17, 15) is 4.79 Å². The van der Waals surface area contributed by atoms with Crippen LogP contribution in [0.25, 0.3) is 0 Å². The van der Waals surface area contributed by atoms with Crippen LogP contribution < -0.4 is 10.1 Å². The molecular formula is C17H15ClN4O2. The molecule has 7 heteroatoms. The lowest BCUT2D eigenvalue weighted by atomic mass is 10.2. The highest BCUT2D eigenvalue weighted by Gasteiger charge is 2.13. The second-order valence-corrected chi connectivity index (χ2v) is 5.30. The molecule has 3 rings (SSSR count). The zero-order valence-corrected chi connectivity index (χ0v) is 13.5. The zero-order valence-electron chi connectivity index (χ0n) is 12.7. The number of imidazole rings is 1. The van der Waals surface area contributed by atoms with E-state index in [4.69, 9.17) is 16.3 Å². The molecule has 0 unspecified atom stereocenters. The van der Waals surface area contributed by atoms with Crippen molar-refractivity contribution in [2.24, 2.45) is 0 Å². The fourth-order valence-electron chi connectivity index (χ4n) is 2.12. The average molecular weight is 343 g/mol. The predicted octanol–water partition coefficient (Wildman–Crippen LogP) is 3.26. The number of rotatable bonds is 6. The van der Waals surface area contributed by atoms with Crippen molar-refractivity contribution in [2.45, 2.75) is 6.54 Å². The molecule has 0 fully saturated rings. The van der Waals surface area contributed by atoms with E-state index in [1.807, 2.05) is 22.9 Å². The lowest BCUT2D eigenvalue weighted by molar-refractivity contribution is 0.102. The highest BCUT2D eigenvalue weighted by atomic mass is 35.5. The van der Waals surface area contributed by atoms with Crippen molar-refractivity contribution in [1.82, 2.24) is 14.5 Å². The van der Waals surface area contributed by atoms with Gasteiger partial charge in [-0.05, 0) is 24.3 Å². The molecule has 0 saturated carbocycles. The number of ether oxygens (including phenoxy) is 1. The van der Waals surface area contributed by atoms with E-state index in [1.54, 1.807) is 36.8 Å². The molecule has 0 spiro atoms. The van der Waals surface area contributed by atoms with Gasteiger partial charge in [0, 0.05) is 18.6 Å². The van der Waals surface area contributed by atoms with Gasteiger partial charge in [0.15, 0.2) is 0 Å². The molecule has 122 valence electrons. The van der Waals surface area contributed by atoms with Crippen LogP contribution in [0.4, 0.5) is 5.69 Å². The van der Waals surface area contributed by atoms with Crippen LogP contribution in [0, 0.1) is 0 Å². The maximum atomic E-state index is 12.3. The molecule has 1 N–H and O–H groups in total. The molecule has 0 aliphatic heterocycles. The monoisotopic (exact) mass is 342 g/mol. The molecule has 2 heterocycles. The first-order valence-corrected chi connectivity index (χ1v) is 7.71. The summed E-state index contributed by atoms with van der Waals surface area (Å²) in [7, 11) is 0. The molecule has 0 atom stereocenters. The van der Waals surface area contributed by atoms with Gasteiger partial charge in [-0.15, -0.1) is 0 Å². The fourth-order valence-corrected chi connectivity index (χ4v) is 2.33. The summed E-state index contributed by atoms with van der Waals surface area (Å²) in [6.07, 6.45) is 6.83. The van der Waals surface area contributed by atoms with Crippen molar-refractivity contribution in [3.8, 4) is 5.75 Å². The first kappa shape index (κ1) is 16.0. The Kier molecular flexibility index (Phi) is 5.08. The molecule has 1 amide bonds. The highest BCUT2D eigenvalue weighted by Crippen LogP contribution is 2.25. The number of anilines is 1. The van der Waals surface area contributed by atoms with Gasteiger partial charge in [0.05, 0.1) is 24.1 Å². The number of nitrogens with zero attached hydrogens (tertiary/aromatic N) is 3. The Balaban J connectivity index is 1.67. The minimum Gasteiger partial charge on any atom is -0.490 e. The number of carbonyl (C=O) groups is 1. The maximum Gasteiger partial charge on any atom is 0.258 e. The van der Waals surface area contributed by atoms with Gasteiger partial charge in [-0.25, -0.2) is 9.97 Å². The third-order valence-electron chi connectivity index (χ3n) is 3.31. The van der Waals surface area contributed by atoms with Crippen LogP contribution in [0.15, 0.2) is 61.3 Å². The number of amides is 1. The van der Waals surface area contributed by atoms with E-state index in [0.717, 1.165) is 0 Å². The van der Waals surface area contributed by atoms with Crippen molar-refractivity contribution in [2.75, 3.05) is 11.9 Å². The lowest BCUT2D eigenvalue weighted by Gasteiger charge is -2.13. The standard InChI is InChI=1S/C17H15ClN4O2/c18-16-13(4-3-7-20-16)17(23)21-14-5-1-2-6-15(14)24-11-10-22-9-8-19-12-22/h1-9,12H,10-11H2,(H,21,23). The summed E-state index contributed by atoms with van der Waals surface area (Å²) in [5, 5.41) is 2.96. The Labute approximate surface area is 144 Å². The number of para-hydroxylation sites is 2. The second kappa shape index (κ2) is 7.61. The minimum atomic E-state index is -0.334. The van der Waals surface area contributed by atoms with Crippen molar-refractivity contribution in [1.29, 1.82) is 0 Å². The molecule has 6 nitrogen and oxygen atoms in total. The van der Waals surface area contributed by atoms with E-state index in [-0.39, 0.29) is 11.1 Å². The van der Waals surface area contributed by atoms with Gasteiger partial charge in [-0.2, -0.15) is 0 Å². The van der Waals surface area contributed by atoms with E-state index < -0.39 is 0 Å². The van der Waals surface area contributed by atoms with E-state index in [1.165, 1.54) is 6.20 Å². The van der Waals surface area contributed by atoms with Gasteiger partial charge < -0.3 is 14.6 Å². The smallest absolute Gasteiger partial charge is 0.258 e. The molecule has 2 aromatic heterocycles. The Hall–Kier alpha value is -2.86. The number of hydrogen-bond donors (Lipinski definition) is 1. The van der Waals surface area contributed by atoms with Crippen LogP contribution in [0.3, 0.4) is 0 Å². The van der Waals surface area contributed by atoms with Gasteiger partial charge in [-0.3, -0.25) is 4.79 Å². The van der Waals surface area contributed by atoms with E-state index in [0.29, 0.717) is 30.2 Å². The number of aromatic nitrogens is 3. The summed E-state index contributed by atoms with van der Waals surface area (Å²) in [6.45, 7) is 1.12. The van der Waals surface area contributed by atoms with Crippen molar-refractivity contribution >= 4 is 23.2 Å². The summed E-state index contributed by atoms with van der Waals surface area (Å²) < 4.78 is 7.68. The Morgan fingerprint density at radius 3 is 2.88 bits per heavy atom.